The van der Waals surface area contributed by atoms with Crippen LogP contribution in [0.1, 0.15) is 11.1 Å². The number of aryl methyl sites for hydroxylation is 1. The maximum absolute atomic E-state index is 13.4. The van der Waals surface area contributed by atoms with Crippen molar-refractivity contribution in [2.24, 2.45) is 0 Å². The van der Waals surface area contributed by atoms with E-state index in [1.807, 2.05) is 17.9 Å². The Kier molecular flexibility index (Phi) is 4.85. The number of ether oxygens (including phenoxy) is 1. The molecule has 29 heavy (non-hydrogen) atoms. The molecule has 2 amide bonds. The molecule has 0 N–H and O–H groups in total. The summed E-state index contributed by atoms with van der Waals surface area (Å²) in [5.41, 5.74) is 2.41. The molecule has 4 rings (SSSR count). The topological polar surface area (TPSA) is 93.0 Å². The van der Waals surface area contributed by atoms with E-state index in [4.69, 9.17) is 4.74 Å². The van der Waals surface area contributed by atoms with Gasteiger partial charge in [-0.15, -0.1) is 0 Å². The lowest BCUT2D eigenvalue weighted by molar-refractivity contribution is -0.384. The summed E-state index contributed by atoms with van der Waals surface area (Å²) in [7, 11) is 0. The van der Waals surface area contributed by atoms with E-state index in [2.05, 4.69) is 0 Å². The highest BCUT2D eigenvalue weighted by Gasteiger charge is 2.42. The molecular formula is C21H19N3O5. The number of imide groups is 1. The van der Waals surface area contributed by atoms with Gasteiger partial charge in [-0.2, -0.15) is 0 Å². The molecule has 0 unspecified atom stereocenters. The van der Waals surface area contributed by atoms with E-state index < -0.39 is 16.7 Å². The van der Waals surface area contributed by atoms with Crippen LogP contribution < -0.4 is 4.90 Å². The number of benzene rings is 2. The van der Waals surface area contributed by atoms with Gasteiger partial charge in [0.05, 0.1) is 29.4 Å². The van der Waals surface area contributed by atoms with E-state index in [0.717, 1.165) is 5.56 Å². The number of carbonyl (C=O) groups excluding carboxylic acids is 2. The lowest BCUT2D eigenvalue weighted by atomic mass is 10.0. The highest BCUT2D eigenvalue weighted by atomic mass is 16.6. The van der Waals surface area contributed by atoms with E-state index in [9.17, 15) is 19.7 Å². The van der Waals surface area contributed by atoms with Gasteiger partial charge in [0.25, 0.3) is 17.5 Å². The van der Waals surface area contributed by atoms with Crippen LogP contribution in [0.3, 0.4) is 0 Å². The number of carbonyl (C=O) groups is 2. The lowest BCUT2D eigenvalue weighted by Crippen LogP contribution is -2.40. The molecule has 2 aliphatic rings. The second-order valence-electron chi connectivity index (χ2n) is 6.91. The normalized spacial score (nSPS) is 17.3. The summed E-state index contributed by atoms with van der Waals surface area (Å²) >= 11 is 0. The minimum Gasteiger partial charge on any atom is -0.378 e. The van der Waals surface area contributed by atoms with Gasteiger partial charge in [-0.05, 0) is 42.3 Å². The number of rotatable bonds is 4. The minimum absolute atomic E-state index is 0.0745. The predicted octanol–water partition coefficient (Wildman–Crippen LogP) is 2.52. The fraction of sp³-hybridized carbons (Fsp3) is 0.238. The van der Waals surface area contributed by atoms with Crippen LogP contribution >= 0.6 is 0 Å². The fourth-order valence-corrected chi connectivity index (χ4v) is 3.61. The summed E-state index contributed by atoms with van der Waals surface area (Å²) in [6.07, 6.45) is 0. The molecule has 2 aromatic carbocycles. The standard InChI is InChI=1S/C21H19N3O5/c1-14-3-2-4-17(13-14)23-20(25)18(15-5-7-16(8-6-15)24(27)28)19(21(23)26)22-9-11-29-12-10-22/h2-8,13H,9-12H2,1H3. The van der Waals surface area contributed by atoms with Crippen molar-refractivity contribution in [3.63, 3.8) is 0 Å². The third-order valence-corrected chi connectivity index (χ3v) is 5.01. The highest BCUT2D eigenvalue weighted by molar-refractivity contribution is 6.45. The third-order valence-electron chi connectivity index (χ3n) is 5.01. The number of hydrogen-bond acceptors (Lipinski definition) is 6. The first-order valence-corrected chi connectivity index (χ1v) is 9.24. The Morgan fingerprint density at radius 3 is 2.31 bits per heavy atom. The Balaban J connectivity index is 1.82. The molecule has 8 heteroatoms. The zero-order chi connectivity index (χ0) is 20.5. The summed E-state index contributed by atoms with van der Waals surface area (Å²) in [6.45, 7) is 3.80. The molecule has 2 aromatic rings. The average Bonchev–Trinajstić information content (AvgIpc) is 2.99. The fourth-order valence-electron chi connectivity index (χ4n) is 3.61. The van der Waals surface area contributed by atoms with Gasteiger partial charge in [0.1, 0.15) is 5.70 Å². The SMILES string of the molecule is Cc1cccc(N2C(=O)C(c3ccc([N+](=O)[O-])cc3)=C(N3CCOCC3)C2=O)c1. The second kappa shape index (κ2) is 7.48. The summed E-state index contributed by atoms with van der Waals surface area (Å²) in [5.74, 6) is -0.827. The number of nitrogens with zero attached hydrogens (tertiary/aromatic N) is 3. The van der Waals surface area contributed by atoms with Crippen LogP contribution in [0.2, 0.25) is 0 Å². The molecule has 0 atom stereocenters. The number of nitro benzene ring substituents is 1. The average molecular weight is 393 g/mol. The molecule has 0 saturated carbocycles. The molecule has 0 radical (unpaired) electrons. The molecular weight excluding hydrogens is 374 g/mol. The highest BCUT2D eigenvalue weighted by Crippen LogP contribution is 2.35. The maximum atomic E-state index is 13.4. The number of anilines is 1. The van der Waals surface area contributed by atoms with Gasteiger partial charge in [0, 0.05) is 25.2 Å². The van der Waals surface area contributed by atoms with Gasteiger partial charge < -0.3 is 9.64 Å². The van der Waals surface area contributed by atoms with Crippen molar-refractivity contribution in [3.05, 3.63) is 75.5 Å². The molecule has 8 nitrogen and oxygen atoms in total. The van der Waals surface area contributed by atoms with E-state index in [0.29, 0.717) is 43.3 Å². The number of non-ortho nitro benzene ring substituents is 1. The Hall–Kier alpha value is -3.52. The van der Waals surface area contributed by atoms with Crippen LogP contribution in [-0.4, -0.2) is 47.9 Å². The second-order valence-corrected chi connectivity index (χ2v) is 6.91. The van der Waals surface area contributed by atoms with Gasteiger partial charge in [-0.1, -0.05) is 12.1 Å². The Labute approximate surface area is 167 Å². The molecule has 0 bridgehead atoms. The van der Waals surface area contributed by atoms with Gasteiger partial charge in [0.15, 0.2) is 0 Å². The van der Waals surface area contributed by atoms with Gasteiger partial charge in [-0.25, -0.2) is 4.90 Å². The first kappa shape index (κ1) is 18.8. The lowest BCUT2D eigenvalue weighted by Gasteiger charge is -2.29. The van der Waals surface area contributed by atoms with Crippen LogP contribution in [0, 0.1) is 17.0 Å². The number of hydrogen-bond donors (Lipinski definition) is 0. The monoisotopic (exact) mass is 393 g/mol. The molecule has 148 valence electrons. The first-order valence-electron chi connectivity index (χ1n) is 9.24. The number of morpholine rings is 1. The molecule has 0 aliphatic carbocycles. The molecule has 1 fully saturated rings. The summed E-state index contributed by atoms with van der Waals surface area (Å²) in [6, 6.07) is 12.9. The van der Waals surface area contributed by atoms with Gasteiger partial charge in [-0.3, -0.25) is 19.7 Å². The van der Waals surface area contributed by atoms with E-state index in [1.54, 1.807) is 18.2 Å². The molecule has 2 aliphatic heterocycles. The van der Waals surface area contributed by atoms with Crippen molar-refractivity contribution in [2.75, 3.05) is 31.2 Å². The maximum Gasteiger partial charge on any atom is 0.282 e. The van der Waals surface area contributed by atoms with Gasteiger partial charge >= 0.3 is 0 Å². The Morgan fingerprint density at radius 1 is 1.00 bits per heavy atom. The van der Waals surface area contributed by atoms with Crippen LogP contribution in [0.5, 0.6) is 0 Å². The van der Waals surface area contributed by atoms with Crippen molar-refractivity contribution in [3.8, 4) is 0 Å². The summed E-state index contributed by atoms with van der Waals surface area (Å²) < 4.78 is 5.38. The van der Waals surface area contributed by atoms with E-state index in [1.165, 1.54) is 29.2 Å². The van der Waals surface area contributed by atoms with Crippen molar-refractivity contribution in [1.82, 2.24) is 4.90 Å². The zero-order valence-corrected chi connectivity index (χ0v) is 15.8. The van der Waals surface area contributed by atoms with Crippen LogP contribution in [0.4, 0.5) is 11.4 Å². The predicted molar refractivity (Wildman–Crippen MR) is 106 cm³/mol. The van der Waals surface area contributed by atoms with Crippen LogP contribution in [0.25, 0.3) is 5.57 Å². The summed E-state index contributed by atoms with van der Waals surface area (Å²) in [5, 5.41) is 11.0. The van der Waals surface area contributed by atoms with E-state index >= 15 is 0 Å². The third kappa shape index (κ3) is 3.38. The first-order chi connectivity index (χ1) is 14.0. The molecule has 0 spiro atoms. The van der Waals surface area contributed by atoms with Crippen LogP contribution in [0.15, 0.2) is 54.2 Å². The Morgan fingerprint density at radius 2 is 1.69 bits per heavy atom. The largest absolute Gasteiger partial charge is 0.378 e. The van der Waals surface area contributed by atoms with Crippen molar-refractivity contribution < 1.29 is 19.2 Å². The van der Waals surface area contributed by atoms with Crippen LogP contribution in [-0.2, 0) is 14.3 Å². The Bertz CT molecular complexity index is 1020. The number of nitro groups is 1. The minimum atomic E-state index is -0.498. The number of amides is 2. The van der Waals surface area contributed by atoms with Crippen molar-refractivity contribution >= 4 is 28.8 Å². The smallest absolute Gasteiger partial charge is 0.282 e. The van der Waals surface area contributed by atoms with Crippen molar-refractivity contribution in [2.45, 2.75) is 6.92 Å². The molecule has 2 heterocycles. The molecule has 0 aromatic heterocycles. The summed E-state index contributed by atoms with van der Waals surface area (Å²) in [4.78, 5) is 40.2. The zero-order valence-electron chi connectivity index (χ0n) is 15.8. The quantitative estimate of drug-likeness (QED) is 0.450. The van der Waals surface area contributed by atoms with E-state index in [-0.39, 0.29) is 11.3 Å². The van der Waals surface area contributed by atoms with Gasteiger partial charge in [0.2, 0.25) is 0 Å². The molecule has 1 saturated heterocycles. The van der Waals surface area contributed by atoms with Crippen molar-refractivity contribution in [1.29, 1.82) is 0 Å².